The summed E-state index contributed by atoms with van der Waals surface area (Å²) < 4.78 is 29.2. The van der Waals surface area contributed by atoms with E-state index in [2.05, 4.69) is 32.1 Å². The molecule has 1 atom stereocenters. The molecule has 31 heavy (non-hydrogen) atoms. The van der Waals surface area contributed by atoms with Crippen LogP contribution in [0.15, 0.2) is 43.1 Å². The van der Waals surface area contributed by atoms with E-state index >= 15 is 0 Å². The zero-order valence-electron chi connectivity index (χ0n) is 17.4. The second-order valence-electron chi connectivity index (χ2n) is 7.48. The molecule has 0 radical (unpaired) electrons. The van der Waals surface area contributed by atoms with Gasteiger partial charge in [0, 0.05) is 42.8 Å². The number of hydrazine groups is 1. The zero-order chi connectivity index (χ0) is 22.4. The number of benzene rings is 1. The molecule has 0 amide bonds. The van der Waals surface area contributed by atoms with E-state index in [1.807, 2.05) is 12.1 Å². The van der Waals surface area contributed by atoms with Gasteiger partial charge >= 0.3 is 0 Å². The fourth-order valence-corrected chi connectivity index (χ4v) is 4.96. The van der Waals surface area contributed by atoms with Gasteiger partial charge in [-0.2, -0.15) is 0 Å². The van der Waals surface area contributed by atoms with E-state index in [1.54, 1.807) is 18.3 Å². The number of aromatic nitrogens is 1. The van der Waals surface area contributed by atoms with Crippen LogP contribution in [0.3, 0.4) is 0 Å². The van der Waals surface area contributed by atoms with Gasteiger partial charge in [-0.25, -0.2) is 8.78 Å². The van der Waals surface area contributed by atoms with Crippen LogP contribution in [-0.2, 0) is 6.54 Å². The first-order chi connectivity index (χ1) is 14.9. The van der Waals surface area contributed by atoms with Gasteiger partial charge in [0.05, 0.1) is 23.0 Å². The fraction of sp³-hybridized carbons (Fsp3) is 0.364. The Hall–Kier alpha value is -2.00. The lowest BCUT2D eigenvalue weighted by molar-refractivity contribution is 0.157. The number of nitrogens with two attached hydrogens (primary N) is 1. The van der Waals surface area contributed by atoms with E-state index in [4.69, 9.17) is 17.4 Å². The molecular formula is C22H28ClF2N5S. The minimum absolute atomic E-state index is 0.0677. The third-order valence-electron chi connectivity index (χ3n) is 5.32. The number of likely N-dealkylation sites (tertiary alicyclic amines) is 1. The van der Waals surface area contributed by atoms with Crippen LogP contribution in [-0.4, -0.2) is 47.3 Å². The molecule has 1 fully saturated rings. The van der Waals surface area contributed by atoms with Crippen molar-refractivity contribution in [2.24, 2.45) is 5.84 Å². The molecule has 1 aliphatic rings. The standard InChI is InChI=1S/C22H28ClF2N5S/c1-16(28-26)17-3-4-19(27-14-17)15-30(20-5-6-22(25)21(23)13-20)31(2)12-11-29-9-7-18(24)8-10-29/h3-6,13-14,18,28H,1-2,7-12,15,26H2. The number of anilines is 1. The van der Waals surface area contributed by atoms with Gasteiger partial charge in [-0.05, 0) is 43.2 Å². The average Bonchev–Trinajstić information content (AvgIpc) is 2.78. The molecule has 1 unspecified atom stereocenters. The summed E-state index contributed by atoms with van der Waals surface area (Å²) in [6, 6.07) is 8.48. The van der Waals surface area contributed by atoms with E-state index in [-0.39, 0.29) is 5.02 Å². The summed E-state index contributed by atoms with van der Waals surface area (Å²) in [6.45, 7) is 6.68. The first kappa shape index (κ1) is 23.7. The van der Waals surface area contributed by atoms with Gasteiger partial charge in [0.15, 0.2) is 0 Å². The van der Waals surface area contributed by atoms with Crippen LogP contribution < -0.4 is 15.6 Å². The maximum absolute atomic E-state index is 13.7. The smallest absolute Gasteiger partial charge is 0.141 e. The Morgan fingerprint density at radius 3 is 2.68 bits per heavy atom. The molecule has 0 aliphatic carbocycles. The monoisotopic (exact) mass is 467 g/mol. The minimum atomic E-state index is -0.688. The van der Waals surface area contributed by atoms with E-state index < -0.39 is 22.7 Å². The summed E-state index contributed by atoms with van der Waals surface area (Å²) in [7, 11) is -0.423. The predicted molar refractivity (Wildman–Crippen MR) is 128 cm³/mol. The molecule has 1 aliphatic heterocycles. The molecule has 1 saturated heterocycles. The lowest BCUT2D eigenvalue weighted by Crippen LogP contribution is -2.36. The number of hydrogen-bond donors (Lipinski definition) is 2. The third-order valence-corrected chi connectivity index (χ3v) is 7.22. The first-order valence-electron chi connectivity index (χ1n) is 10.1. The number of hydrogen-bond acceptors (Lipinski definition) is 5. The van der Waals surface area contributed by atoms with Gasteiger partial charge in [-0.1, -0.05) is 34.7 Å². The number of halogens is 3. The summed E-state index contributed by atoms with van der Waals surface area (Å²) in [5.74, 6) is 10.1. The van der Waals surface area contributed by atoms with Crippen molar-refractivity contribution < 1.29 is 8.78 Å². The highest BCUT2D eigenvalue weighted by molar-refractivity contribution is 8.15. The number of rotatable bonds is 9. The van der Waals surface area contributed by atoms with Crippen molar-refractivity contribution in [1.29, 1.82) is 0 Å². The van der Waals surface area contributed by atoms with Crippen molar-refractivity contribution >= 4 is 39.5 Å². The molecule has 5 nitrogen and oxygen atoms in total. The Bertz CT molecular complexity index is 917. The van der Waals surface area contributed by atoms with E-state index in [0.717, 1.165) is 42.3 Å². The first-order valence-corrected chi connectivity index (χ1v) is 12.0. The molecule has 1 aromatic carbocycles. The Labute approximate surface area is 189 Å². The molecule has 0 saturated carbocycles. The number of piperidine rings is 1. The molecule has 1 aromatic heterocycles. The van der Waals surface area contributed by atoms with Gasteiger partial charge in [-0.3, -0.25) is 10.8 Å². The second-order valence-corrected chi connectivity index (χ2v) is 9.66. The molecule has 3 N–H and O–H groups in total. The lowest BCUT2D eigenvalue weighted by atomic mass is 10.1. The number of nitrogens with zero attached hydrogens (tertiary/aromatic N) is 3. The van der Waals surface area contributed by atoms with Gasteiger partial charge in [0.25, 0.3) is 0 Å². The predicted octanol–water partition coefficient (Wildman–Crippen LogP) is 4.36. The summed E-state index contributed by atoms with van der Waals surface area (Å²) in [5, 5.41) is 0.0677. The summed E-state index contributed by atoms with van der Waals surface area (Å²) in [5.41, 5.74) is 5.50. The Kier molecular flexibility index (Phi) is 8.43. The summed E-state index contributed by atoms with van der Waals surface area (Å²) in [6.07, 6.45) is 2.19. The van der Waals surface area contributed by atoms with Crippen LogP contribution in [0, 0.1) is 5.82 Å². The van der Waals surface area contributed by atoms with Gasteiger partial charge in [0.1, 0.15) is 12.0 Å². The van der Waals surface area contributed by atoms with Crippen LogP contribution in [0.25, 0.3) is 5.70 Å². The third kappa shape index (κ3) is 6.49. The molecule has 2 heterocycles. The summed E-state index contributed by atoms with van der Waals surface area (Å²) >= 11 is 6.04. The van der Waals surface area contributed by atoms with Crippen molar-refractivity contribution in [1.82, 2.24) is 15.3 Å². The molecule has 3 rings (SSSR count). The number of nitrogens with one attached hydrogen (secondary N) is 1. The maximum Gasteiger partial charge on any atom is 0.141 e. The fourth-order valence-electron chi connectivity index (χ4n) is 3.37. The Morgan fingerprint density at radius 1 is 1.32 bits per heavy atom. The normalized spacial score (nSPS) is 16.1. The lowest BCUT2D eigenvalue weighted by Gasteiger charge is -2.32. The molecule has 168 valence electrons. The van der Waals surface area contributed by atoms with Crippen LogP contribution in [0.4, 0.5) is 14.5 Å². The quantitative estimate of drug-likeness (QED) is 0.326. The molecule has 2 aromatic rings. The van der Waals surface area contributed by atoms with Crippen molar-refractivity contribution in [3.8, 4) is 0 Å². The van der Waals surface area contributed by atoms with E-state index in [0.29, 0.717) is 25.1 Å². The highest BCUT2D eigenvalue weighted by atomic mass is 35.5. The largest absolute Gasteiger partial charge is 0.324 e. The highest BCUT2D eigenvalue weighted by Gasteiger charge is 2.19. The Morgan fingerprint density at radius 2 is 2.06 bits per heavy atom. The molecule has 9 heteroatoms. The van der Waals surface area contributed by atoms with Crippen molar-refractivity contribution in [2.75, 3.05) is 29.7 Å². The van der Waals surface area contributed by atoms with Gasteiger partial charge < -0.3 is 14.6 Å². The topological polar surface area (TPSA) is 57.4 Å². The summed E-state index contributed by atoms with van der Waals surface area (Å²) in [4.78, 5) is 6.79. The van der Waals surface area contributed by atoms with Gasteiger partial charge in [-0.15, -0.1) is 0 Å². The van der Waals surface area contributed by atoms with Crippen molar-refractivity contribution in [2.45, 2.75) is 25.6 Å². The van der Waals surface area contributed by atoms with Crippen LogP contribution in [0.1, 0.15) is 24.1 Å². The second kappa shape index (κ2) is 11.0. The van der Waals surface area contributed by atoms with E-state index in [1.165, 1.54) is 6.07 Å². The number of pyridine rings is 1. The van der Waals surface area contributed by atoms with Gasteiger partial charge in [0.2, 0.25) is 0 Å². The SMILES string of the molecule is C=C(NN)c1ccc(CN(c2ccc(F)c(Cl)c2)S(=C)CCN2CCC(F)CC2)nc1. The van der Waals surface area contributed by atoms with Crippen molar-refractivity contribution in [3.05, 3.63) is 65.2 Å². The average molecular weight is 468 g/mol. The maximum atomic E-state index is 13.7. The van der Waals surface area contributed by atoms with Crippen LogP contribution in [0.2, 0.25) is 5.02 Å². The van der Waals surface area contributed by atoms with Crippen LogP contribution >= 0.6 is 22.3 Å². The zero-order valence-corrected chi connectivity index (χ0v) is 18.9. The van der Waals surface area contributed by atoms with Crippen molar-refractivity contribution in [3.63, 3.8) is 0 Å². The number of alkyl halides is 1. The Balaban J connectivity index is 1.75. The van der Waals surface area contributed by atoms with Crippen LogP contribution in [0.5, 0.6) is 0 Å². The molecule has 0 spiro atoms. The van der Waals surface area contributed by atoms with E-state index in [9.17, 15) is 8.78 Å². The minimum Gasteiger partial charge on any atom is -0.324 e. The molecular weight excluding hydrogens is 440 g/mol. The highest BCUT2D eigenvalue weighted by Crippen LogP contribution is 2.32. The molecule has 0 bridgehead atoms.